The van der Waals surface area contributed by atoms with Gasteiger partial charge in [0, 0.05) is 0 Å². The van der Waals surface area contributed by atoms with Gasteiger partial charge in [-0.2, -0.15) is 0 Å². The highest BCUT2D eigenvalue weighted by molar-refractivity contribution is 5.43. The van der Waals surface area contributed by atoms with Crippen LogP contribution in [-0.4, -0.2) is 6.61 Å². The van der Waals surface area contributed by atoms with E-state index < -0.39 is 0 Å². The molecule has 15 heavy (non-hydrogen) atoms. The van der Waals surface area contributed by atoms with E-state index in [2.05, 4.69) is 39.0 Å². The van der Waals surface area contributed by atoms with E-state index in [-0.39, 0.29) is 0 Å². The van der Waals surface area contributed by atoms with Gasteiger partial charge in [-0.25, -0.2) is 0 Å². The fraction of sp³-hybridized carbons (Fsp3) is 0.571. The third-order valence-electron chi connectivity index (χ3n) is 3.34. The first-order valence-electron chi connectivity index (χ1n) is 5.97. The van der Waals surface area contributed by atoms with Gasteiger partial charge in [0.2, 0.25) is 0 Å². The summed E-state index contributed by atoms with van der Waals surface area (Å²) in [5.74, 6) is 2.42. The molecule has 1 atom stereocenters. The van der Waals surface area contributed by atoms with Crippen molar-refractivity contribution in [1.82, 2.24) is 0 Å². The van der Waals surface area contributed by atoms with Crippen molar-refractivity contribution in [2.45, 2.75) is 39.5 Å². The summed E-state index contributed by atoms with van der Waals surface area (Å²) >= 11 is 0. The van der Waals surface area contributed by atoms with Crippen molar-refractivity contribution in [2.75, 3.05) is 6.61 Å². The lowest BCUT2D eigenvalue weighted by atomic mass is 9.87. The van der Waals surface area contributed by atoms with Crippen LogP contribution in [0.1, 0.15) is 44.2 Å². The third-order valence-corrected chi connectivity index (χ3v) is 3.34. The molecule has 0 radical (unpaired) electrons. The number of hydrogen-bond acceptors (Lipinski definition) is 1. The van der Waals surface area contributed by atoms with Crippen molar-refractivity contribution in [1.29, 1.82) is 0 Å². The summed E-state index contributed by atoms with van der Waals surface area (Å²) in [7, 11) is 0. The Hall–Kier alpha value is -0.980. The van der Waals surface area contributed by atoms with Crippen LogP contribution in [-0.2, 0) is 6.42 Å². The van der Waals surface area contributed by atoms with Crippen molar-refractivity contribution < 1.29 is 4.74 Å². The molecule has 1 aromatic rings. The summed E-state index contributed by atoms with van der Waals surface area (Å²) in [6, 6.07) is 6.46. The second-order valence-electron chi connectivity index (χ2n) is 4.77. The average molecular weight is 204 g/mol. The fourth-order valence-electron chi connectivity index (χ4n) is 2.29. The average Bonchev–Trinajstić information content (AvgIpc) is 2.27. The third kappa shape index (κ3) is 2.01. The molecule has 1 unspecified atom stereocenters. The lowest BCUT2D eigenvalue weighted by Gasteiger charge is -2.27. The molecular weight excluding hydrogens is 184 g/mol. The molecule has 0 bridgehead atoms. The second-order valence-corrected chi connectivity index (χ2v) is 4.77. The first-order chi connectivity index (χ1) is 7.22. The Kier molecular flexibility index (Phi) is 2.99. The smallest absolute Gasteiger partial charge is 0.122 e. The monoisotopic (exact) mass is 204 g/mol. The van der Waals surface area contributed by atoms with Crippen molar-refractivity contribution in [3.8, 4) is 5.75 Å². The zero-order valence-corrected chi connectivity index (χ0v) is 9.92. The maximum Gasteiger partial charge on any atom is 0.122 e. The van der Waals surface area contributed by atoms with Crippen LogP contribution in [0.25, 0.3) is 0 Å². The van der Waals surface area contributed by atoms with Crippen molar-refractivity contribution in [2.24, 2.45) is 5.92 Å². The highest BCUT2D eigenvalue weighted by atomic mass is 16.5. The number of fused-ring (bicyclic) bond motifs is 1. The van der Waals surface area contributed by atoms with Crippen molar-refractivity contribution in [3.63, 3.8) is 0 Å². The first-order valence-corrected chi connectivity index (χ1v) is 5.97. The van der Waals surface area contributed by atoms with Gasteiger partial charge in [-0.05, 0) is 41.9 Å². The summed E-state index contributed by atoms with van der Waals surface area (Å²) in [6.07, 6.45) is 2.41. The maximum absolute atomic E-state index is 5.82. The van der Waals surface area contributed by atoms with Gasteiger partial charge >= 0.3 is 0 Å². The van der Waals surface area contributed by atoms with E-state index >= 15 is 0 Å². The molecule has 1 nitrogen and oxygen atoms in total. The van der Waals surface area contributed by atoms with E-state index in [0.717, 1.165) is 12.4 Å². The molecule has 1 heteroatoms. The molecule has 1 aliphatic heterocycles. The van der Waals surface area contributed by atoms with Gasteiger partial charge in [0.15, 0.2) is 0 Å². The first kappa shape index (κ1) is 10.5. The minimum atomic E-state index is 0.596. The molecule has 0 spiro atoms. The van der Waals surface area contributed by atoms with Crippen LogP contribution < -0.4 is 4.74 Å². The molecular formula is C14H20O. The highest BCUT2D eigenvalue weighted by Crippen LogP contribution is 2.34. The molecule has 0 aliphatic carbocycles. The lowest BCUT2D eigenvalue weighted by Crippen LogP contribution is -2.21. The van der Waals surface area contributed by atoms with E-state index in [4.69, 9.17) is 4.74 Å². The summed E-state index contributed by atoms with van der Waals surface area (Å²) in [4.78, 5) is 0. The molecule has 2 rings (SSSR count). The Morgan fingerprint density at radius 2 is 2.20 bits per heavy atom. The fourth-order valence-corrected chi connectivity index (χ4v) is 2.29. The molecule has 0 saturated carbocycles. The minimum absolute atomic E-state index is 0.596. The van der Waals surface area contributed by atoms with Gasteiger partial charge in [-0.1, -0.05) is 32.9 Å². The van der Waals surface area contributed by atoms with Gasteiger partial charge in [-0.15, -0.1) is 0 Å². The number of ether oxygens (including phenoxy) is 1. The quantitative estimate of drug-likeness (QED) is 0.712. The van der Waals surface area contributed by atoms with Crippen LogP contribution in [0.15, 0.2) is 18.2 Å². The van der Waals surface area contributed by atoms with Crippen LogP contribution in [0.5, 0.6) is 5.75 Å². The molecule has 1 aromatic carbocycles. The van der Waals surface area contributed by atoms with Crippen LogP contribution in [0.2, 0.25) is 0 Å². The van der Waals surface area contributed by atoms with E-state index in [1.54, 1.807) is 0 Å². The highest BCUT2D eigenvalue weighted by Gasteiger charge is 2.21. The predicted molar refractivity (Wildman–Crippen MR) is 63.5 cm³/mol. The molecule has 0 amide bonds. The maximum atomic E-state index is 5.82. The van der Waals surface area contributed by atoms with Gasteiger partial charge in [0.1, 0.15) is 5.75 Å². The van der Waals surface area contributed by atoms with Crippen LogP contribution in [0.4, 0.5) is 0 Å². The largest absolute Gasteiger partial charge is 0.493 e. The van der Waals surface area contributed by atoms with Crippen molar-refractivity contribution >= 4 is 0 Å². The van der Waals surface area contributed by atoms with Crippen LogP contribution >= 0.6 is 0 Å². The van der Waals surface area contributed by atoms with Crippen LogP contribution in [0, 0.1) is 5.92 Å². The predicted octanol–water partition coefficient (Wildman–Crippen LogP) is 3.77. The normalized spacial score (nSPS) is 19.9. The Bertz CT molecular complexity index is 341. The van der Waals surface area contributed by atoms with Crippen LogP contribution in [0.3, 0.4) is 0 Å². The van der Waals surface area contributed by atoms with E-state index in [9.17, 15) is 0 Å². The number of benzene rings is 1. The summed E-state index contributed by atoms with van der Waals surface area (Å²) in [5.41, 5.74) is 2.91. The Morgan fingerprint density at radius 1 is 1.40 bits per heavy atom. The lowest BCUT2D eigenvalue weighted by molar-refractivity contribution is 0.217. The zero-order chi connectivity index (χ0) is 10.8. The molecule has 1 heterocycles. The number of hydrogen-bond donors (Lipinski definition) is 0. The van der Waals surface area contributed by atoms with E-state index in [0.29, 0.717) is 11.8 Å². The van der Waals surface area contributed by atoms with Crippen molar-refractivity contribution in [3.05, 3.63) is 29.3 Å². The molecule has 0 saturated heterocycles. The topological polar surface area (TPSA) is 9.23 Å². The molecule has 82 valence electrons. The Labute approximate surface area is 92.5 Å². The Balaban J connectivity index is 2.36. The molecule has 0 fully saturated rings. The minimum Gasteiger partial charge on any atom is -0.493 e. The van der Waals surface area contributed by atoms with Gasteiger partial charge in [0.25, 0.3) is 0 Å². The van der Waals surface area contributed by atoms with E-state index in [1.807, 2.05) is 0 Å². The standard InChI is InChI=1S/C14H20O/c1-4-11-8-13-12(10(2)3)6-5-7-14(13)15-9-11/h5-7,10-11H,4,8-9H2,1-3H3. The summed E-state index contributed by atoms with van der Waals surface area (Å²) < 4.78 is 5.82. The SMILES string of the molecule is CCC1COc2cccc(C(C)C)c2C1. The van der Waals surface area contributed by atoms with Gasteiger partial charge < -0.3 is 4.74 Å². The van der Waals surface area contributed by atoms with E-state index in [1.165, 1.54) is 24.0 Å². The zero-order valence-electron chi connectivity index (χ0n) is 9.92. The second kappa shape index (κ2) is 4.26. The number of rotatable bonds is 2. The van der Waals surface area contributed by atoms with Gasteiger partial charge in [-0.3, -0.25) is 0 Å². The summed E-state index contributed by atoms with van der Waals surface area (Å²) in [5, 5.41) is 0. The molecule has 0 N–H and O–H groups in total. The molecule has 0 aromatic heterocycles. The Morgan fingerprint density at radius 3 is 2.87 bits per heavy atom. The molecule has 1 aliphatic rings. The summed E-state index contributed by atoms with van der Waals surface area (Å²) in [6.45, 7) is 7.65. The van der Waals surface area contributed by atoms with Gasteiger partial charge in [0.05, 0.1) is 6.61 Å².